The van der Waals surface area contributed by atoms with E-state index in [1.165, 1.54) is 0 Å². The molecule has 0 saturated heterocycles. The minimum Gasteiger partial charge on any atom is -0.390 e. The molecule has 216 valence electrons. The number of alkyl halides is 1. The van der Waals surface area contributed by atoms with Gasteiger partial charge < -0.3 is 15.3 Å². The summed E-state index contributed by atoms with van der Waals surface area (Å²) >= 11 is 3.40. The van der Waals surface area contributed by atoms with E-state index >= 15 is 0 Å². The van der Waals surface area contributed by atoms with Crippen molar-refractivity contribution in [1.82, 2.24) is 4.72 Å². The van der Waals surface area contributed by atoms with Crippen LogP contribution in [0.1, 0.15) is 88.7 Å². The van der Waals surface area contributed by atoms with Crippen LogP contribution in [0.15, 0.2) is 47.4 Å². The molecule has 2 aromatic rings. The third kappa shape index (κ3) is 7.63. The lowest BCUT2D eigenvalue weighted by atomic mass is 9.73. The minimum atomic E-state index is -3.91. The van der Waals surface area contributed by atoms with Crippen molar-refractivity contribution in [2.75, 3.05) is 29.6 Å². The molecule has 7 nitrogen and oxygen atoms in total. The van der Waals surface area contributed by atoms with Crippen LogP contribution in [0.2, 0.25) is 0 Å². The first-order chi connectivity index (χ1) is 18.6. The van der Waals surface area contributed by atoms with Crippen molar-refractivity contribution in [3.05, 3.63) is 53.6 Å². The van der Waals surface area contributed by atoms with Gasteiger partial charge in [-0.25, -0.2) is 13.1 Å². The summed E-state index contributed by atoms with van der Waals surface area (Å²) in [5.41, 5.74) is 1.82. The van der Waals surface area contributed by atoms with Crippen LogP contribution in [0.25, 0.3) is 0 Å². The van der Waals surface area contributed by atoms with Gasteiger partial charge in [-0.1, -0.05) is 67.6 Å². The van der Waals surface area contributed by atoms with Gasteiger partial charge in [0.25, 0.3) is 0 Å². The molecule has 39 heavy (non-hydrogen) atoms. The molecule has 0 spiro atoms. The van der Waals surface area contributed by atoms with Gasteiger partial charge in [-0.3, -0.25) is 4.79 Å². The van der Waals surface area contributed by atoms with Crippen molar-refractivity contribution in [3.8, 4) is 0 Å². The molecule has 3 rings (SSSR count). The normalized spacial score (nSPS) is 19.6. The number of carbonyl (C=O) groups is 1. The van der Waals surface area contributed by atoms with Crippen LogP contribution in [0.4, 0.5) is 11.4 Å². The molecule has 1 amide bonds. The van der Waals surface area contributed by atoms with Gasteiger partial charge in [0.2, 0.25) is 15.9 Å². The number of fused-ring (bicyclic) bond motifs is 1. The van der Waals surface area contributed by atoms with Crippen LogP contribution in [0.5, 0.6) is 0 Å². The highest BCUT2D eigenvalue weighted by atomic mass is 79.9. The summed E-state index contributed by atoms with van der Waals surface area (Å²) in [5.74, 6) is -0.669. The van der Waals surface area contributed by atoms with Crippen molar-refractivity contribution in [2.24, 2.45) is 0 Å². The van der Waals surface area contributed by atoms with Crippen LogP contribution in [-0.4, -0.2) is 50.5 Å². The van der Waals surface area contributed by atoms with E-state index in [1.807, 2.05) is 49.3 Å². The molecule has 0 saturated carbocycles. The minimum absolute atomic E-state index is 0.0608. The molecule has 1 aliphatic heterocycles. The van der Waals surface area contributed by atoms with E-state index < -0.39 is 27.6 Å². The van der Waals surface area contributed by atoms with Crippen LogP contribution >= 0.6 is 15.9 Å². The topological polar surface area (TPSA) is 98.7 Å². The van der Waals surface area contributed by atoms with E-state index in [0.29, 0.717) is 30.5 Å². The second-order valence-corrected chi connectivity index (χ2v) is 13.3. The average molecular weight is 623 g/mol. The maximum absolute atomic E-state index is 13.9. The fraction of sp³-hybridized carbons (Fsp3) is 0.567. The monoisotopic (exact) mass is 621 g/mol. The highest BCUT2D eigenvalue weighted by molar-refractivity contribution is 9.09. The molecule has 1 heterocycles. The number of aliphatic hydroxyl groups excluding tert-OH is 1. The number of hydrogen-bond acceptors (Lipinski definition) is 5. The highest BCUT2D eigenvalue weighted by Gasteiger charge is 2.49. The summed E-state index contributed by atoms with van der Waals surface area (Å²) < 4.78 is 30.8. The first kappa shape index (κ1) is 31.6. The second-order valence-electron chi connectivity index (χ2n) is 10.8. The van der Waals surface area contributed by atoms with Crippen molar-refractivity contribution >= 4 is 43.2 Å². The van der Waals surface area contributed by atoms with E-state index in [4.69, 9.17) is 0 Å². The Balaban J connectivity index is 2.18. The standard InChI is InChI=1S/C30H44BrN3O4S/c1-5-7-17-30(18-8-6-2)29(36)28(22-12-11-13-23(20-22)32-27(35)14-9-10-19-31)25-21-24(34(3)4)15-16-26(25)39(37,38)33-30/h11-13,15-16,20-21,28-29,33,36H,5-10,14,17-19H2,1-4H3,(H,32,35)/t28-,29-/m1/s1. The zero-order valence-corrected chi connectivity index (χ0v) is 26.1. The SMILES string of the molecule is CCCCC1(CCCC)NS(=O)(=O)c2ccc(N(C)C)cc2[C@@H](c2cccc(NC(=O)CCCCBr)c2)[C@H]1O. The predicted octanol–water partition coefficient (Wildman–Crippen LogP) is 6.16. The molecule has 1 aliphatic rings. The fourth-order valence-electron chi connectivity index (χ4n) is 5.46. The average Bonchev–Trinajstić information content (AvgIpc) is 2.97. The fourth-order valence-corrected chi connectivity index (χ4v) is 7.57. The molecular weight excluding hydrogens is 578 g/mol. The number of rotatable bonds is 13. The Morgan fingerprint density at radius 2 is 1.74 bits per heavy atom. The number of halogens is 1. The molecule has 0 aromatic heterocycles. The zero-order valence-electron chi connectivity index (χ0n) is 23.7. The van der Waals surface area contributed by atoms with E-state index in [9.17, 15) is 18.3 Å². The van der Waals surface area contributed by atoms with Crippen molar-refractivity contribution in [3.63, 3.8) is 0 Å². The summed E-state index contributed by atoms with van der Waals surface area (Å²) in [7, 11) is -0.0836. The quantitative estimate of drug-likeness (QED) is 0.184. The van der Waals surface area contributed by atoms with E-state index in [2.05, 4.69) is 39.8 Å². The number of aliphatic hydroxyl groups is 1. The van der Waals surface area contributed by atoms with Crippen molar-refractivity contribution in [2.45, 2.75) is 94.1 Å². The first-order valence-electron chi connectivity index (χ1n) is 14.1. The van der Waals surface area contributed by atoms with Crippen LogP contribution in [-0.2, 0) is 14.8 Å². The Morgan fingerprint density at radius 3 is 2.36 bits per heavy atom. The Labute approximate surface area is 242 Å². The van der Waals surface area contributed by atoms with E-state index in [1.54, 1.807) is 12.1 Å². The third-order valence-corrected chi connectivity index (χ3v) is 9.81. The van der Waals surface area contributed by atoms with Gasteiger partial charge in [0, 0.05) is 43.1 Å². The number of sulfonamides is 1. The van der Waals surface area contributed by atoms with Crippen molar-refractivity contribution < 1.29 is 18.3 Å². The van der Waals surface area contributed by atoms with Crippen LogP contribution < -0.4 is 14.9 Å². The Hall–Kier alpha value is -1.94. The maximum atomic E-state index is 13.9. The molecule has 2 aromatic carbocycles. The van der Waals surface area contributed by atoms with Gasteiger partial charge in [-0.05, 0) is 67.1 Å². The van der Waals surface area contributed by atoms with Gasteiger partial charge in [0.1, 0.15) is 0 Å². The van der Waals surface area contributed by atoms with Gasteiger partial charge in [0.05, 0.1) is 16.5 Å². The molecule has 9 heteroatoms. The molecular formula is C30H44BrN3O4S. The summed E-state index contributed by atoms with van der Waals surface area (Å²) in [6.07, 6.45) is 5.58. The lowest BCUT2D eigenvalue weighted by Crippen LogP contribution is -2.56. The number of carbonyl (C=O) groups excluding carboxylic acids is 1. The largest absolute Gasteiger partial charge is 0.390 e. The summed E-state index contributed by atoms with van der Waals surface area (Å²) in [5, 5.41) is 16.1. The van der Waals surface area contributed by atoms with Gasteiger partial charge in [-0.2, -0.15) is 0 Å². The summed E-state index contributed by atoms with van der Waals surface area (Å²) in [6.45, 7) is 4.15. The summed E-state index contributed by atoms with van der Waals surface area (Å²) in [6, 6.07) is 12.8. The van der Waals surface area contributed by atoms with Crippen LogP contribution in [0.3, 0.4) is 0 Å². The molecule has 2 atom stereocenters. The van der Waals surface area contributed by atoms with Crippen molar-refractivity contribution in [1.29, 1.82) is 0 Å². The zero-order chi connectivity index (χ0) is 28.6. The lowest BCUT2D eigenvalue weighted by molar-refractivity contribution is -0.116. The molecule has 0 aliphatic carbocycles. The van der Waals surface area contributed by atoms with Crippen LogP contribution in [0, 0.1) is 0 Å². The van der Waals surface area contributed by atoms with E-state index in [-0.39, 0.29) is 10.8 Å². The number of hydrogen-bond donors (Lipinski definition) is 3. The number of unbranched alkanes of at least 4 members (excludes halogenated alkanes) is 3. The maximum Gasteiger partial charge on any atom is 0.241 e. The molecule has 3 N–H and O–H groups in total. The number of amides is 1. The van der Waals surface area contributed by atoms with Gasteiger partial charge in [-0.15, -0.1) is 0 Å². The highest BCUT2D eigenvalue weighted by Crippen LogP contribution is 2.45. The molecule has 0 radical (unpaired) electrons. The van der Waals surface area contributed by atoms with Gasteiger partial charge in [0.15, 0.2) is 0 Å². The number of anilines is 2. The number of benzene rings is 2. The predicted molar refractivity (Wildman–Crippen MR) is 163 cm³/mol. The van der Waals surface area contributed by atoms with Gasteiger partial charge >= 0.3 is 0 Å². The molecule has 0 fully saturated rings. The lowest BCUT2D eigenvalue weighted by Gasteiger charge is -2.40. The smallest absolute Gasteiger partial charge is 0.241 e. The number of nitrogens with one attached hydrogen (secondary N) is 2. The third-order valence-electron chi connectivity index (χ3n) is 7.62. The Morgan fingerprint density at radius 1 is 1.05 bits per heavy atom. The Kier molecular flexibility index (Phi) is 11.4. The Bertz CT molecular complexity index is 1210. The molecule has 0 unspecified atom stereocenters. The number of nitrogens with zero attached hydrogens (tertiary/aromatic N) is 1. The second kappa shape index (κ2) is 14.1. The van der Waals surface area contributed by atoms with E-state index in [0.717, 1.165) is 55.1 Å². The molecule has 0 bridgehead atoms. The first-order valence-corrected chi connectivity index (χ1v) is 16.7. The summed E-state index contributed by atoms with van der Waals surface area (Å²) in [4.78, 5) is 14.7.